The van der Waals surface area contributed by atoms with Crippen LogP contribution in [0.1, 0.15) is 5.56 Å². The molecule has 0 unspecified atom stereocenters. The van der Waals surface area contributed by atoms with E-state index in [-0.39, 0.29) is 16.3 Å². The van der Waals surface area contributed by atoms with E-state index in [1.165, 1.54) is 36.4 Å². The molecule has 0 aromatic heterocycles. The van der Waals surface area contributed by atoms with Gasteiger partial charge in [-0.1, -0.05) is 30.3 Å². The van der Waals surface area contributed by atoms with Crippen molar-refractivity contribution in [2.45, 2.75) is 11.1 Å². The maximum atomic E-state index is 13.3. The van der Waals surface area contributed by atoms with E-state index < -0.39 is 40.0 Å². The Kier molecular flexibility index (Phi) is 6.30. The van der Waals surface area contributed by atoms with Crippen LogP contribution in [0.15, 0.2) is 83.8 Å². The molecule has 0 radical (unpaired) electrons. The number of benzene rings is 3. The third kappa shape index (κ3) is 5.40. The van der Waals surface area contributed by atoms with Gasteiger partial charge < -0.3 is 5.32 Å². The molecule has 0 aliphatic carbocycles. The summed E-state index contributed by atoms with van der Waals surface area (Å²) in [6, 6.07) is 15.6. The molecule has 3 aromatic rings. The lowest BCUT2D eigenvalue weighted by atomic mass is 10.2. The number of hydrogen-bond acceptors (Lipinski definition) is 3. The Bertz CT molecular complexity index is 1180. The van der Waals surface area contributed by atoms with Crippen molar-refractivity contribution in [3.63, 3.8) is 0 Å². The number of rotatable bonds is 6. The predicted molar refractivity (Wildman–Crippen MR) is 107 cm³/mol. The fourth-order valence-electron chi connectivity index (χ4n) is 2.77. The van der Waals surface area contributed by atoms with Crippen LogP contribution in [0.5, 0.6) is 0 Å². The van der Waals surface area contributed by atoms with E-state index in [0.717, 1.165) is 30.3 Å². The molecule has 0 spiro atoms. The van der Waals surface area contributed by atoms with Crippen LogP contribution >= 0.6 is 0 Å². The van der Waals surface area contributed by atoms with E-state index >= 15 is 0 Å². The Hall–Kier alpha value is -3.40. The lowest BCUT2D eigenvalue weighted by Gasteiger charge is -2.25. The first-order valence-corrected chi connectivity index (χ1v) is 10.3. The number of carbonyl (C=O) groups is 1. The van der Waals surface area contributed by atoms with Crippen LogP contribution in [0.2, 0.25) is 0 Å². The topological polar surface area (TPSA) is 66.5 Å². The van der Waals surface area contributed by atoms with Crippen molar-refractivity contribution in [3.05, 3.63) is 90.2 Å². The number of hydrogen-bond donors (Lipinski definition) is 1. The summed E-state index contributed by atoms with van der Waals surface area (Å²) in [7, 11) is -4.38. The highest BCUT2D eigenvalue weighted by molar-refractivity contribution is 7.92. The number of nitrogens with zero attached hydrogens (tertiary/aromatic N) is 1. The second-order valence-electron chi connectivity index (χ2n) is 6.43. The molecular formula is C21H16F4N2O3S. The molecule has 0 aliphatic rings. The highest BCUT2D eigenvalue weighted by atomic mass is 32.2. The molecule has 0 bridgehead atoms. The van der Waals surface area contributed by atoms with Crippen LogP contribution in [0.25, 0.3) is 0 Å². The van der Waals surface area contributed by atoms with Crippen LogP contribution in [-0.4, -0.2) is 20.9 Å². The number of alkyl halides is 3. The van der Waals surface area contributed by atoms with Gasteiger partial charge in [-0.2, -0.15) is 13.2 Å². The van der Waals surface area contributed by atoms with Crippen LogP contribution in [0.3, 0.4) is 0 Å². The average Bonchev–Trinajstić information content (AvgIpc) is 2.72. The lowest BCUT2D eigenvalue weighted by Crippen LogP contribution is -2.38. The van der Waals surface area contributed by atoms with Gasteiger partial charge in [0.1, 0.15) is 12.4 Å². The quantitative estimate of drug-likeness (QED) is 0.553. The van der Waals surface area contributed by atoms with Crippen LogP contribution in [0.4, 0.5) is 28.9 Å². The SMILES string of the molecule is O=C(CN(c1cccc(C(F)(F)F)c1)S(=O)(=O)c1ccccc1)Nc1cccc(F)c1. The first kappa shape index (κ1) is 22.3. The van der Waals surface area contributed by atoms with Gasteiger partial charge in [0.25, 0.3) is 10.0 Å². The minimum Gasteiger partial charge on any atom is -0.324 e. The number of anilines is 2. The summed E-state index contributed by atoms with van der Waals surface area (Å²) < 4.78 is 79.7. The van der Waals surface area contributed by atoms with Gasteiger partial charge in [0, 0.05) is 5.69 Å². The van der Waals surface area contributed by atoms with Crippen molar-refractivity contribution < 1.29 is 30.8 Å². The lowest BCUT2D eigenvalue weighted by molar-refractivity contribution is -0.137. The van der Waals surface area contributed by atoms with Gasteiger partial charge in [0.05, 0.1) is 16.1 Å². The molecule has 0 heterocycles. The van der Waals surface area contributed by atoms with Crippen molar-refractivity contribution in [2.24, 2.45) is 0 Å². The molecule has 3 aromatic carbocycles. The van der Waals surface area contributed by atoms with Gasteiger partial charge in [0.15, 0.2) is 0 Å². The summed E-state index contributed by atoms with van der Waals surface area (Å²) in [5, 5.41) is 2.34. The van der Waals surface area contributed by atoms with Crippen LogP contribution < -0.4 is 9.62 Å². The van der Waals surface area contributed by atoms with Gasteiger partial charge in [-0.3, -0.25) is 9.10 Å². The van der Waals surface area contributed by atoms with E-state index in [0.29, 0.717) is 10.4 Å². The zero-order valence-electron chi connectivity index (χ0n) is 15.8. The molecule has 0 saturated heterocycles. The largest absolute Gasteiger partial charge is 0.416 e. The van der Waals surface area contributed by atoms with Crippen LogP contribution in [0, 0.1) is 5.82 Å². The minimum absolute atomic E-state index is 0.0751. The highest BCUT2D eigenvalue weighted by Gasteiger charge is 2.33. The Morgan fingerprint density at radius 2 is 1.58 bits per heavy atom. The molecule has 0 fully saturated rings. The average molecular weight is 452 g/mol. The maximum absolute atomic E-state index is 13.3. The third-order valence-corrected chi connectivity index (χ3v) is 5.98. The monoisotopic (exact) mass is 452 g/mol. The number of sulfonamides is 1. The molecule has 10 heteroatoms. The predicted octanol–water partition coefficient (Wildman–Crippen LogP) is 4.68. The summed E-state index contributed by atoms with van der Waals surface area (Å²) in [6.45, 7) is -0.824. The maximum Gasteiger partial charge on any atom is 0.416 e. The van der Waals surface area contributed by atoms with E-state index in [1.54, 1.807) is 6.07 Å². The standard InChI is InChI=1S/C21H16F4N2O3S/c22-16-7-5-8-17(13-16)26-20(28)14-27(31(29,30)19-10-2-1-3-11-19)18-9-4-6-15(12-18)21(23,24)25/h1-13H,14H2,(H,26,28). The number of nitrogens with one attached hydrogen (secondary N) is 1. The van der Waals surface area contributed by atoms with Gasteiger partial charge in [-0.25, -0.2) is 12.8 Å². The minimum atomic E-state index is -4.71. The molecule has 31 heavy (non-hydrogen) atoms. The first-order chi connectivity index (χ1) is 14.6. The fourth-order valence-corrected chi connectivity index (χ4v) is 4.20. The first-order valence-electron chi connectivity index (χ1n) is 8.88. The molecule has 1 N–H and O–H groups in total. The fraction of sp³-hybridized carbons (Fsp3) is 0.0952. The van der Waals surface area contributed by atoms with Crippen molar-refractivity contribution >= 4 is 27.3 Å². The summed E-state index contributed by atoms with van der Waals surface area (Å²) >= 11 is 0. The van der Waals surface area contributed by atoms with Crippen molar-refractivity contribution in [3.8, 4) is 0 Å². The van der Waals surface area contributed by atoms with E-state index in [1.807, 2.05) is 0 Å². The Labute approximate surface area is 176 Å². The van der Waals surface area contributed by atoms with Crippen molar-refractivity contribution in [2.75, 3.05) is 16.2 Å². The van der Waals surface area contributed by atoms with Gasteiger partial charge in [0.2, 0.25) is 5.91 Å². The molecule has 1 amide bonds. The second kappa shape index (κ2) is 8.76. The summed E-state index contributed by atoms with van der Waals surface area (Å²) in [6.07, 6.45) is -4.71. The molecule has 0 saturated carbocycles. The smallest absolute Gasteiger partial charge is 0.324 e. The van der Waals surface area contributed by atoms with Gasteiger partial charge in [-0.15, -0.1) is 0 Å². The number of halogens is 4. The van der Waals surface area contributed by atoms with Crippen molar-refractivity contribution in [1.29, 1.82) is 0 Å². The van der Waals surface area contributed by atoms with E-state index in [9.17, 15) is 30.8 Å². The van der Waals surface area contributed by atoms with Gasteiger partial charge >= 0.3 is 6.18 Å². The summed E-state index contributed by atoms with van der Waals surface area (Å²) in [4.78, 5) is 12.3. The third-order valence-electron chi connectivity index (χ3n) is 4.19. The normalized spacial score (nSPS) is 11.7. The zero-order chi connectivity index (χ0) is 22.6. The molecule has 0 atom stereocenters. The highest BCUT2D eigenvalue weighted by Crippen LogP contribution is 2.33. The molecule has 0 aliphatic heterocycles. The molecule has 3 rings (SSSR count). The second-order valence-corrected chi connectivity index (χ2v) is 8.29. The zero-order valence-corrected chi connectivity index (χ0v) is 16.6. The number of carbonyl (C=O) groups excluding carboxylic acids is 1. The van der Waals surface area contributed by atoms with Crippen LogP contribution in [-0.2, 0) is 21.0 Å². The Balaban J connectivity index is 2.00. The van der Waals surface area contributed by atoms with E-state index in [4.69, 9.17) is 0 Å². The Morgan fingerprint density at radius 3 is 2.23 bits per heavy atom. The number of amides is 1. The Morgan fingerprint density at radius 1 is 0.903 bits per heavy atom. The van der Waals surface area contributed by atoms with Gasteiger partial charge in [-0.05, 0) is 48.5 Å². The summed E-state index contributed by atoms with van der Waals surface area (Å²) in [5.74, 6) is -1.48. The molecule has 5 nitrogen and oxygen atoms in total. The van der Waals surface area contributed by atoms with E-state index in [2.05, 4.69) is 5.32 Å². The molecule has 162 valence electrons. The van der Waals surface area contributed by atoms with Crippen molar-refractivity contribution in [1.82, 2.24) is 0 Å². The molecular weight excluding hydrogens is 436 g/mol. The summed E-state index contributed by atoms with van der Waals surface area (Å²) in [5.41, 5.74) is -1.33.